The predicted octanol–water partition coefficient (Wildman–Crippen LogP) is 3.64. The van der Waals surface area contributed by atoms with E-state index in [0.29, 0.717) is 12.2 Å². The minimum Gasteiger partial charge on any atom is -0.508 e. The summed E-state index contributed by atoms with van der Waals surface area (Å²) < 4.78 is 5.18. The molecule has 0 atom stereocenters. The van der Waals surface area contributed by atoms with Crippen molar-refractivity contribution in [3.05, 3.63) is 84.2 Å². The Morgan fingerprint density at radius 2 is 1.76 bits per heavy atom. The third kappa shape index (κ3) is 3.95. The molecule has 0 aliphatic rings. The summed E-state index contributed by atoms with van der Waals surface area (Å²) in [5, 5.41) is 9.45. The van der Waals surface area contributed by atoms with Gasteiger partial charge in [-0.2, -0.15) is 0 Å². The maximum absolute atomic E-state index is 13.0. The van der Waals surface area contributed by atoms with Crippen LogP contribution >= 0.6 is 0 Å². The molecule has 0 spiro atoms. The highest BCUT2D eigenvalue weighted by molar-refractivity contribution is 6.04. The Balaban J connectivity index is 1.94. The summed E-state index contributed by atoms with van der Waals surface area (Å²) in [5.41, 5.74) is 2.01. The quantitative estimate of drug-likeness (QED) is 0.774. The molecule has 2 aromatic carbocycles. The summed E-state index contributed by atoms with van der Waals surface area (Å²) in [6.45, 7) is 0.363. The number of carbonyl (C=O) groups is 1. The first-order valence-corrected chi connectivity index (χ1v) is 7.82. The number of phenolic OH excluding ortho intramolecular Hbond substituents is 1. The molecule has 1 aromatic heterocycles. The Labute approximate surface area is 146 Å². The molecular formula is C20H18N2O3. The van der Waals surface area contributed by atoms with E-state index in [9.17, 15) is 9.90 Å². The highest BCUT2D eigenvalue weighted by Gasteiger charge is 2.19. The minimum atomic E-state index is -0.196. The van der Waals surface area contributed by atoms with Crippen LogP contribution in [-0.4, -0.2) is 23.1 Å². The van der Waals surface area contributed by atoms with Gasteiger partial charge in [0.15, 0.2) is 0 Å². The second kappa shape index (κ2) is 7.49. The lowest BCUT2D eigenvalue weighted by molar-refractivity contribution is 0.0980. The van der Waals surface area contributed by atoms with Crippen LogP contribution in [0.5, 0.6) is 11.5 Å². The van der Waals surface area contributed by atoms with E-state index < -0.39 is 0 Å². The molecule has 1 heterocycles. The highest BCUT2D eigenvalue weighted by Crippen LogP contribution is 2.23. The summed E-state index contributed by atoms with van der Waals surface area (Å²) in [7, 11) is 1.60. The van der Waals surface area contributed by atoms with Gasteiger partial charge < -0.3 is 14.7 Å². The van der Waals surface area contributed by atoms with E-state index in [-0.39, 0.29) is 11.7 Å². The Morgan fingerprint density at radius 3 is 2.36 bits per heavy atom. The molecule has 0 fully saturated rings. The van der Waals surface area contributed by atoms with Gasteiger partial charge >= 0.3 is 0 Å². The lowest BCUT2D eigenvalue weighted by atomic mass is 10.1. The van der Waals surface area contributed by atoms with Crippen LogP contribution in [0, 0.1) is 0 Å². The molecule has 25 heavy (non-hydrogen) atoms. The first kappa shape index (κ1) is 16.5. The van der Waals surface area contributed by atoms with E-state index in [2.05, 4.69) is 4.98 Å². The number of ether oxygens (including phenoxy) is 1. The van der Waals surface area contributed by atoms with Crippen molar-refractivity contribution in [1.29, 1.82) is 0 Å². The van der Waals surface area contributed by atoms with Crippen molar-refractivity contribution < 1.29 is 14.6 Å². The van der Waals surface area contributed by atoms with Crippen molar-refractivity contribution in [1.82, 2.24) is 4.98 Å². The molecule has 0 radical (unpaired) electrons. The minimum absolute atomic E-state index is 0.191. The molecule has 0 aliphatic heterocycles. The molecule has 0 saturated carbocycles. The maximum Gasteiger partial charge on any atom is 0.277 e. The average molecular weight is 334 g/mol. The summed E-state index contributed by atoms with van der Waals surface area (Å²) in [5.74, 6) is 0.716. The van der Waals surface area contributed by atoms with Gasteiger partial charge in [-0.15, -0.1) is 0 Å². The number of hydrogen-bond acceptors (Lipinski definition) is 4. The molecule has 0 aliphatic carbocycles. The first-order valence-electron chi connectivity index (χ1n) is 7.82. The number of hydrogen-bond donors (Lipinski definition) is 1. The Morgan fingerprint density at radius 1 is 1.04 bits per heavy atom. The summed E-state index contributed by atoms with van der Waals surface area (Å²) in [6, 6.07) is 19.3. The smallest absolute Gasteiger partial charge is 0.277 e. The molecule has 1 amide bonds. The second-order valence-electron chi connectivity index (χ2n) is 5.47. The summed E-state index contributed by atoms with van der Waals surface area (Å²) in [6.07, 6.45) is 1.60. The number of carbonyl (C=O) groups excluding carboxylic acids is 1. The van der Waals surface area contributed by atoms with Gasteiger partial charge in [0, 0.05) is 11.9 Å². The third-order valence-corrected chi connectivity index (χ3v) is 3.79. The number of methoxy groups -OCH3 is 1. The van der Waals surface area contributed by atoms with Gasteiger partial charge in [0.05, 0.1) is 13.7 Å². The molecular weight excluding hydrogens is 316 g/mol. The number of anilines is 1. The maximum atomic E-state index is 13.0. The number of pyridine rings is 1. The third-order valence-electron chi connectivity index (χ3n) is 3.79. The van der Waals surface area contributed by atoms with Crippen LogP contribution < -0.4 is 9.64 Å². The SMILES string of the molecule is COc1ccc(N(Cc2ccc(O)cc2)C(=O)c2ccccn2)cc1. The van der Waals surface area contributed by atoms with E-state index >= 15 is 0 Å². The Bertz CT molecular complexity index is 831. The lowest BCUT2D eigenvalue weighted by Gasteiger charge is -2.23. The normalized spacial score (nSPS) is 10.3. The van der Waals surface area contributed by atoms with Crippen molar-refractivity contribution in [2.75, 3.05) is 12.0 Å². The van der Waals surface area contributed by atoms with Gasteiger partial charge in [0.1, 0.15) is 17.2 Å². The number of phenols is 1. The number of nitrogens with zero attached hydrogens (tertiary/aromatic N) is 2. The zero-order valence-corrected chi connectivity index (χ0v) is 13.8. The van der Waals surface area contributed by atoms with Crippen molar-refractivity contribution in [3.8, 4) is 11.5 Å². The van der Waals surface area contributed by atoms with Crippen LogP contribution in [0.2, 0.25) is 0 Å². The van der Waals surface area contributed by atoms with E-state index in [0.717, 1.165) is 17.0 Å². The molecule has 5 heteroatoms. The first-order chi connectivity index (χ1) is 12.2. The van der Waals surface area contributed by atoms with Gasteiger partial charge in [0.2, 0.25) is 0 Å². The van der Waals surface area contributed by atoms with Gasteiger partial charge in [-0.3, -0.25) is 9.78 Å². The summed E-state index contributed by atoms with van der Waals surface area (Å²) in [4.78, 5) is 18.8. The molecule has 5 nitrogen and oxygen atoms in total. The summed E-state index contributed by atoms with van der Waals surface area (Å²) >= 11 is 0. The van der Waals surface area contributed by atoms with Crippen LogP contribution in [0.1, 0.15) is 16.1 Å². The Hall–Kier alpha value is -3.34. The second-order valence-corrected chi connectivity index (χ2v) is 5.47. The van der Waals surface area contributed by atoms with Crippen molar-refractivity contribution >= 4 is 11.6 Å². The zero-order chi connectivity index (χ0) is 17.6. The van der Waals surface area contributed by atoms with Crippen LogP contribution in [0.3, 0.4) is 0 Å². The Kier molecular flexibility index (Phi) is 4.95. The lowest BCUT2D eigenvalue weighted by Crippen LogP contribution is -2.31. The van der Waals surface area contributed by atoms with Crippen LogP contribution in [0.25, 0.3) is 0 Å². The van der Waals surface area contributed by atoms with Crippen molar-refractivity contribution in [2.45, 2.75) is 6.54 Å². The predicted molar refractivity (Wildman–Crippen MR) is 95.9 cm³/mol. The van der Waals surface area contributed by atoms with E-state index in [1.807, 2.05) is 24.3 Å². The number of benzene rings is 2. The number of aromatic hydroxyl groups is 1. The van der Waals surface area contributed by atoms with E-state index in [4.69, 9.17) is 4.74 Å². The molecule has 0 unspecified atom stereocenters. The number of rotatable bonds is 5. The molecule has 3 aromatic rings. The fraction of sp³-hybridized carbons (Fsp3) is 0.100. The van der Waals surface area contributed by atoms with Gasteiger partial charge in [-0.1, -0.05) is 18.2 Å². The van der Waals surface area contributed by atoms with Gasteiger partial charge in [0.25, 0.3) is 5.91 Å². The fourth-order valence-corrected chi connectivity index (χ4v) is 2.45. The topological polar surface area (TPSA) is 62.7 Å². The molecule has 0 bridgehead atoms. The van der Waals surface area contributed by atoms with E-state index in [1.54, 1.807) is 60.7 Å². The molecule has 1 N–H and O–H groups in total. The highest BCUT2D eigenvalue weighted by atomic mass is 16.5. The average Bonchev–Trinajstić information content (AvgIpc) is 2.68. The monoisotopic (exact) mass is 334 g/mol. The van der Waals surface area contributed by atoms with Crippen LogP contribution in [-0.2, 0) is 6.54 Å². The van der Waals surface area contributed by atoms with Gasteiger partial charge in [-0.05, 0) is 54.1 Å². The van der Waals surface area contributed by atoms with Crippen LogP contribution in [0.15, 0.2) is 72.9 Å². The number of aromatic nitrogens is 1. The van der Waals surface area contributed by atoms with Gasteiger partial charge in [-0.25, -0.2) is 0 Å². The van der Waals surface area contributed by atoms with Crippen molar-refractivity contribution in [3.63, 3.8) is 0 Å². The van der Waals surface area contributed by atoms with Crippen molar-refractivity contribution in [2.24, 2.45) is 0 Å². The fourth-order valence-electron chi connectivity index (χ4n) is 2.45. The molecule has 3 rings (SSSR count). The number of amides is 1. The van der Waals surface area contributed by atoms with Crippen LogP contribution in [0.4, 0.5) is 5.69 Å². The zero-order valence-electron chi connectivity index (χ0n) is 13.8. The van der Waals surface area contributed by atoms with E-state index in [1.165, 1.54) is 0 Å². The molecule has 126 valence electrons. The largest absolute Gasteiger partial charge is 0.508 e. The molecule has 0 saturated heterocycles. The standard InChI is InChI=1S/C20H18N2O3/c1-25-18-11-7-16(8-12-18)22(14-15-5-9-17(23)10-6-15)20(24)19-4-2-3-13-21-19/h2-13,23H,14H2,1H3.